The highest BCUT2D eigenvalue weighted by Gasteiger charge is 2.16. The fraction of sp³-hybridized carbons (Fsp3) is 0.0345. The Kier molecular flexibility index (Phi) is 13.3. The average molecular weight is 790 g/mol. The van der Waals surface area contributed by atoms with Gasteiger partial charge in [0, 0.05) is 51.2 Å². The molecule has 8 aromatic rings. The first kappa shape index (κ1) is 41.3. The van der Waals surface area contributed by atoms with Gasteiger partial charge in [0.1, 0.15) is 0 Å². The Morgan fingerprint density at radius 3 is 0.639 bits per heavy atom. The van der Waals surface area contributed by atoms with Crippen LogP contribution in [0.3, 0.4) is 0 Å². The third-order valence-electron chi connectivity index (χ3n) is 10.5. The summed E-state index contributed by atoms with van der Waals surface area (Å²) in [6.07, 6.45) is 7.46. The van der Waals surface area contributed by atoms with Gasteiger partial charge in [0.2, 0.25) is 0 Å². The van der Waals surface area contributed by atoms with Gasteiger partial charge in [-0.15, -0.1) is 0 Å². The van der Waals surface area contributed by atoms with Crippen molar-refractivity contribution in [2.24, 2.45) is 0 Å². The number of aryl methyl sites for hydroxylation is 2. The molecule has 0 aromatic heterocycles. The molecule has 0 saturated heterocycles. The minimum Gasteiger partial charge on any atom is -0.311 e. The van der Waals surface area contributed by atoms with Crippen molar-refractivity contribution in [3.8, 4) is 0 Å². The van der Waals surface area contributed by atoms with Gasteiger partial charge in [0.15, 0.2) is 0 Å². The summed E-state index contributed by atoms with van der Waals surface area (Å²) in [4.78, 5) is 6.80. The third-order valence-corrected chi connectivity index (χ3v) is 10.5. The van der Waals surface area contributed by atoms with Crippen LogP contribution in [0.25, 0.3) is 24.3 Å². The van der Waals surface area contributed by atoms with Gasteiger partial charge in [-0.2, -0.15) is 0 Å². The molecule has 0 saturated carbocycles. The lowest BCUT2D eigenvalue weighted by molar-refractivity contribution is 1.25. The Balaban J connectivity index is 0.000000208. The highest BCUT2D eigenvalue weighted by Crippen LogP contribution is 2.40. The van der Waals surface area contributed by atoms with Crippen LogP contribution in [0.15, 0.2) is 227 Å². The monoisotopic (exact) mass is 789 g/mol. The zero-order valence-electron chi connectivity index (χ0n) is 35.0. The lowest BCUT2D eigenvalue weighted by Gasteiger charge is -2.28. The Hall–Kier alpha value is -7.88. The second-order valence-corrected chi connectivity index (χ2v) is 14.7. The minimum atomic E-state index is 1.09. The van der Waals surface area contributed by atoms with E-state index in [0.29, 0.717) is 0 Å². The van der Waals surface area contributed by atoms with Crippen molar-refractivity contribution in [1.29, 1.82) is 0 Å². The molecule has 0 aliphatic heterocycles. The Labute approximate surface area is 362 Å². The smallest absolute Gasteiger partial charge is 0.0463 e. The fourth-order valence-corrected chi connectivity index (χ4v) is 7.10. The van der Waals surface area contributed by atoms with E-state index in [2.05, 4.69) is 249 Å². The van der Waals surface area contributed by atoms with Gasteiger partial charge in [-0.05, 0) is 145 Å². The molecule has 8 rings (SSSR count). The molecule has 61 heavy (non-hydrogen) atoms. The van der Waals surface area contributed by atoms with Crippen LogP contribution in [0.1, 0.15) is 33.4 Å². The first-order valence-electron chi connectivity index (χ1n) is 20.5. The summed E-state index contributed by atoms with van der Waals surface area (Å²) in [5.41, 5.74) is 16.9. The first-order valence-corrected chi connectivity index (χ1v) is 20.5. The van der Waals surface area contributed by atoms with Gasteiger partial charge in [-0.1, -0.05) is 153 Å². The first-order chi connectivity index (χ1) is 29.9. The number of hydrogen-bond donors (Lipinski definition) is 0. The molecule has 8 aromatic carbocycles. The molecule has 0 N–H and O–H groups in total. The fourth-order valence-electron chi connectivity index (χ4n) is 7.10. The van der Waals surface area contributed by atoms with Crippen LogP contribution in [0, 0.1) is 13.8 Å². The number of benzene rings is 8. The molecule has 298 valence electrons. The predicted molar refractivity (Wildman–Crippen MR) is 267 cm³/mol. The molecule has 3 nitrogen and oxygen atoms in total. The normalized spacial score (nSPS) is 10.4. The zero-order valence-corrected chi connectivity index (χ0v) is 35.0. The van der Waals surface area contributed by atoms with E-state index in [1.807, 2.05) is 30.4 Å². The van der Waals surface area contributed by atoms with E-state index < -0.39 is 0 Å². The standard InChI is InChI=1S/C36H32N2.C22H19N/c1-5-29-11-19-33(20-12-29)37(31-15-7-27(3)8-16-31)35-23-25-36(26-24-35)38(32-17-9-28(4)10-18-32)34-21-13-30(6-2)14-22-34;1-3-18-10-14-21(15-11-18)23(20-8-6-5-7-9-20)22-16-12-19(4-2)13-17-22/h5-26H,1-2H2,3-4H3;3-17H,1-2H2. The maximum atomic E-state index is 3.90. The van der Waals surface area contributed by atoms with E-state index in [1.54, 1.807) is 0 Å². The molecule has 0 spiro atoms. The van der Waals surface area contributed by atoms with Gasteiger partial charge in [-0.3, -0.25) is 0 Å². The van der Waals surface area contributed by atoms with E-state index in [4.69, 9.17) is 0 Å². The van der Waals surface area contributed by atoms with Crippen molar-refractivity contribution in [3.63, 3.8) is 0 Å². The maximum Gasteiger partial charge on any atom is 0.0463 e. The Bertz CT molecular complexity index is 2490. The Morgan fingerprint density at radius 1 is 0.246 bits per heavy atom. The molecular weight excluding hydrogens is 739 g/mol. The van der Waals surface area contributed by atoms with Crippen LogP contribution in [0.5, 0.6) is 0 Å². The largest absolute Gasteiger partial charge is 0.311 e. The number of anilines is 9. The van der Waals surface area contributed by atoms with Crippen LogP contribution in [-0.2, 0) is 0 Å². The number of hydrogen-bond acceptors (Lipinski definition) is 3. The van der Waals surface area contributed by atoms with Crippen LogP contribution < -0.4 is 14.7 Å². The second-order valence-electron chi connectivity index (χ2n) is 14.7. The summed E-state index contributed by atoms with van der Waals surface area (Å²) < 4.78 is 0. The predicted octanol–water partition coefficient (Wildman–Crippen LogP) is 17.0. The molecule has 0 bridgehead atoms. The molecule has 0 aliphatic carbocycles. The summed E-state index contributed by atoms with van der Waals surface area (Å²) >= 11 is 0. The van der Waals surface area contributed by atoms with Crippen LogP contribution >= 0.6 is 0 Å². The van der Waals surface area contributed by atoms with Gasteiger partial charge >= 0.3 is 0 Å². The molecule has 0 radical (unpaired) electrons. The lowest BCUT2D eigenvalue weighted by atomic mass is 10.1. The second kappa shape index (κ2) is 19.7. The minimum absolute atomic E-state index is 1.09. The highest BCUT2D eigenvalue weighted by molar-refractivity contribution is 5.82. The molecule has 0 aliphatic rings. The van der Waals surface area contributed by atoms with Gasteiger partial charge < -0.3 is 14.7 Å². The topological polar surface area (TPSA) is 9.72 Å². The molecule has 0 unspecified atom stereocenters. The highest BCUT2D eigenvalue weighted by atomic mass is 15.2. The van der Waals surface area contributed by atoms with Crippen LogP contribution in [-0.4, -0.2) is 0 Å². The quantitative estimate of drug-likeness (QED) is 0.115. The molecular formula is C58H51N3. The molecule has 0 amide bonds. The SMILES string of the molecule is C=Cc1ccc(N(c2ccc(C)cc2)c2ccc(N(c3ccc(C)cc3)c3ccc(C=C)cc3)cc2)cc1.C=Cc1ccc(N(c2ccccc2)c2ccc(C=C)cc2)cc1. The maximum absolute atomic E-state index is 3.90. The van der Waals surface area contributed by atoms with Gasteiger partial charge in [-0.25, -0.2) is 0 Å². The summed E-state index contributed by atoms with van der Waals surface area (Å²) in [5.74, 6) is 0. The summed E-state index contributed by atoms with van der Waals surface area (Å²) in [6, 6.07) is 70.2. The third kappa shape index (κ3) is 10.1. The molecule has 0 heterocycles. The van der Waals surface area contributed by atoms with Crippen molar-refractivity contribution < 1.29 is 0 Å². The summed E-state index contributed by atoms with van der Waals surface area (Å²) in [6.45, 7) is 19.7. The van der Waals surface area contributed by atoms with E-state index in [0.717, 1.165) is 73.4 Å². The number of para-hydroxylation sites is 1. The van der Waals surface area contributed by atoms with Crippen molar-refractivity contribution in [2.75, 3.05) is 14.7 Å². The molecule has 0 fully saturated rings. The van der Waals surface area contributed by atoms with E-state index in [-0.39, 0.29) is 0 Å². The average Bonchev–Trinajstić information content (AvgIpc) is 3.32. The van der Waals surface area contributed by atoms with E-state index in [9.17, 15) is 0 Å². The van der Waals surface area contributed by atoms with Crippen LogP contribution in [0.4, 0.5) is 51.2 Å². The molecule has 3 heteroatoms. The lowest BCUT2D eigenvalue weighted by Crippen LogP contribution is -2.12. The number of rotatable bonds is 13. The molecule has 0 atom stereocenters. The summed E-state index contributed by atoms with van der Waals surface area (Å²) in [5, 5.41) is 0. The van der Waals surface area contributed by atoms with Crippen molar-refractivity contribution in [2.45, 2.75) is 13.8 Å². The number of nitrogens with zero attached hydrogens (tertiary/aromatic N) is 3. The Morgan fingerprint density at radius 2 is 0.426 bits per heavy atom. The summed E-state index contributed by atoms with van der Waals surface area (Å²) in [7, 11) is 0. The van der Waals surface area contributed by atoms with E-state index in [1.165, 1.54) is 11.1 Å². The van der Waals surface area contributed by atoms with Gasteiger partial charge in [0.25, 0.3) is 0 Å². The van der Waals surface area contributed by atoms with Crippen molar-refractivity contribution >= 4 is 75.5 Å². The zero-order chi connectivity index (χ0) is 42.6. The van der Waals surface area contributed by atoms with Crippen molar-refractivity contribution in [3.05, 3.63) is 260 Å². The van der Waals surface area contributed by atoms with Gasteiger partial charge in [0.05, 0.1) is 0 Å². The van der Waals surface area contributed by atoms with E-state index >= 15 is 0 Å². The van der Waals surface area contributed by atoms with Crippen molar-refractivity contribution in [1.82, 2.24) is 0 Å². The van der Waals surface area contributed by atoms with Crippen LogP contribution in [0.2, 0.25) is 0 Å².